The van der Waals surface area contributed by atoms with E-state index >= 15 is 0 Å². The first-order valence-corrected chi connectivity index (χ1v) is 11.4. The topological polar surface area (TPSA) is 101 Å². The molecule has 0 saturated heterocycles. The Morgan fingerprint density at radius 1 is 0.939 bits per heavy atom. The zero-order valence-corrected chi connectivity index (χ0v) is 18.8. The minimum absolute atomic E-state index is 0.00545. The molecule has 1 aliphatic heterocycles. The van der Waals surface area contributed by atoms with Crippen molar-refractivity contribution >= 4 is 23.6 Å². The molecule has 0 fully saturated rings. The molecule has 0 radical (unpaired) electrons. The molecule has 3 rings (SSSR count). The van der Waals surface area contributed by atoms with Crippen LogP contribution in [0, 0.1) is 5.92 Å². The van der Waals surface area contributed by atoms with Gasteiger partial charge in [0.2, 0.25) is 0 Å². The van der Waals surface area contributed by atoms with Gasteiger partial charge >= 0.3 is 5.97 Å². The summed E-state index contributed by atoms with van der Waals surface area (Å²) in [6.45, 7) is 2.71. The Bertz CT molecular complexity index is 979. The number of carbonyl (C=O) groups excluding carboxylic acids is 3. The first-order chi connectivity index (χ1) is 15.9. The highest BCUT2D eigenvalue weighted by molar-refractivity contribution is 6.21. The number of hydrogen-bond donors (Lipinski definition) is 1. The van der Waals surface area contributed by atoms with Crippen molar-refractivity contribution in [3.05, 3.63) is 65.2 Å². The van der Waals surface area contributed by atoms with Gasteiger partial charge in [0.15, 0.2) is 5.78 Å². The molecule has 7 nitrogen and oxygen atoms in total. The van der Waals surface area contributed by atoms with Gasteiger partial charge in [-0.3, -0.25) is 24.1 Å². The molecule has 0 spiro atoms. The average Bonchev–Trinajstić information content (AvgIpc) is 3.06. The summed E-state index contributed by atoms with van der Waals surface area (Å²) in [6, 6.07) is 13.2. The molecule has 2 aromatic carbocycles. The summed E-state index contributed by atoms with van der Waals surface area (Å²) in [5.41, 5.74) is 1.04. The molecule has 1 N–H and O–H groups in total. The van der Waals surface area contributed by atoms with Crippen LogP contribution in [0.25, 0.3) is 0 Å². The van der Waals surface area contributed by atoms with Crippen molar-refractivity contribution in [1.29, 1.82) is 0 Å². The molecule has 174 valence electrons. The van der Waals surface area contributed by atoms with Crippen molar-refractivity contribution in [2.75, 3.05) is 13.2 Å². The van der Waals surface area contributed by atoms with Crippen LogP contribution in [0.4, 0.5) is 0 Å². The van der Waals surface area contributed by atoms with Gasteiger partial charge in [-0.2, -0.15) is 0 Å². The Kier molecular flexibility index (Phi) is 8.35. The minimum Gasteiger partial charge on any atom is -0.494 e. The van der Waals surface area contributed by atoms with Crippen molar-refractivity contribution in [3.8, 4) is 5.75 Å². The molecule has 7 heteroatoms. The lowest BCUT2D eigenvalue weighted by Crippen LogP contribution is -2.33. The molecule has 0 saturated carbocycles. The van der Waals surface area contributed by atoms with Gasteiger partial charge in [-0.1, -0.05) is 38.3 Å². The molecule has 1 heterocycles. The number of hydrogen-bond acceptors (Lipinski definition) is 5. The lowest BCUT2D eigenvalue weighted by atomic mass is 9.95. The Morgan fingerprint density at radius 3 is 2.15 bits per heavy atom. The van der Waals surface area contributed by atoms with Crippen LogP contribution in [-0.2, 0) is 4.79 Å². The Balaban J connectivity index is 1.53. The summed E-state index contributed by atoms with van der Waals surface area (Å²) < 4.78 is 5.67. The summed E-state index contributed by atoms with van der Waals surface area (Å²) in [5, 5.41) is 9.59. The van der Waals surface area contributed by atoms with Crippen LogP contribution in [-0.4, -0.2) is 46.7 Å². The highest BCUT2D eigenvalue weighted by Crippen LogP contribution is 2.24. The highest BCUT2D eigenvalue weighted by atomic mass is 16.5. The van der Waals surface area contributed by atoms with Crippen molar-refractivity contribution < 1.29 is 29.0 Å². The predicted molar refractivity (Wildman–Crippen MR) is 123 cm³/mol. The fourth-order valence-corrected chi connectivity index (χ4v) is 3.84. The fourth-order valence-electron chi connectivity index (χ4n) is 3.84. The number of ketones is 1. The smallest absolute Gasteiger partial charge is 0.307 e. The molecule has 2 amide bonds. The van der Waals surface area contributed by atoms with Gasteiger partial charge < -0.3 is 9.84 Å². The maximum atomic E-state index is 12.7. The second-order valence-electron chi connectivity index (χ2n) is 8.19. The fraction of sp³-hybridized carbons (Fsp3) is 0.385. The quantitative estimate of drug-likeness (QED) is 0.271. The van der Waals surface area contributed by atoms with Gasteiger partial charge in [0, 0.05) is 18.5 Å². The number of fused-ring (bicyclic) bond motifs is 1. The molecule has 33 heavy (non-hydrogen) atoms. The third kappa shape index (κ3) is 6.06. The lowest BCUT2D eigenvalue weighted by Gasteiger charge is -2.17. The average molecular weight is 452 g/mol. The monoisotopic (exact) mass is 451 g/mol. The maximum absolute atomic E-state index is 12.7. The third-order valence-corrected chi connectivity index (χ3v) is 5.80. The van der Waals surface area contributed by atoms with Crippen LogP contribution in [0.3, 0.4) is 0 Å². The number of benzene rings is 2. The molecule has 2 aromatic rings. The number of Topliss-reactive ketones (excluding diaryl/α,β-unsaturated/α-hetero) is 1. The molecule has 1 unspecified atom stereocenters. The van der Waals surface area contributed by atoms with Gasteiger partial charge in [-0.15, -0.1) is 0 Å². The third-order valence-electron chi connectivity index (χ3n) is 5.80. The predicted octanol–water partition coefficient (Wildman–Crippen LogP) is 4.61. The van der Waals surface area contributed by atoms with E-state index in [1.165, 1.54) is 6.42 Å². The first kappa shape index (κ1) is 24.2. The molecule has 1 atom stereocenters. The van der Waals surface area contributed by atoms with Gasteiger partial charge in [-0.25, -0.2) is 0 Å². The number of amides is 2. The van der Waals surface area contributed by atoms with Crippen molar-refractivity contribution in [1.82, 2.24) is 4.90 Å². The van der Waals surface area contributed by atoms with Crippen LogP contribution in [0.2, 0.25) is 0 Å². The van der Waals surface area contributed by atoms with Gasteiger partial charge in [0.1, 0.15) is 5.75 Å². The zero-order valence-electron chi connectivity index (χ0n) is 18.8. The normalized spacial score (nSPS) is 13.7. The summed E-state index contributed by atoms with van der Waals surface area (Å²) in [6.07, 6.45) is 4.22. The van der Waals surface area contributed by atoms with Crippen molar-refractivity contribution in [2.24, 2.45) is 5.92 Å². The molecule has 0 aliphatic carbocycles. The molecule has 0 bridgehead atoms. The van der Waals surface area contributed by atoms with E-state index in [1.807, 2.05) is 0 Å². The van der Waals surface area contributed by atoms with E-state index < -0.39 is 23.7 Å². The summed E-state index contributed by atoms with van der Waals surface area (Å²) in [5.74, 6) is -2.64. The van der Waals surface area contributed by atoms with Crippen LogP contribution in [0.15, 0.2) is 48.5 Å². The van der Waals surface area contributed by atoms with Gasteiger partial charge in [-0.05, 0) is 49.2 Å². The number of carbonyl (C=O) groups is 4. The van der Waals surface area contributed by atoms with E-state index in [9.17, 15) is 24.3 Å². The Labute approximate surface area is 193 Å². The van der Waals surface area contributed by atoms with Crippen LogP contribution in [0.1, 0.15) is 76.5 Å². The summed E-state index contributed by atoms with van der Waals surface area (Å²) in [4.78, 5) is 50.4. The number of nitrogens with zero attached hydrogens (tertiary/aromatic N) is 1. The van der Waals surface area contributed by atoms with E-state index in [0.717, 1.165) is 24.2 Å². The zero-order chi connectivity index (χ0) is 23.8. The van der Waals surface area contributed by atoms with Crippen LogP contribution in [0.5, 0.6) is 5.75 Å². The van der Waals surface area contributed by atoms with Crippen LogP contribution < -0.4 is 4.74 Å². The standard InChI is InChI=1S/C26H29NO6/c1-2-3-4-7-16-33-20-12-10-18(11-13-20)23(28)17-19(26(31)32)14-15-27-24(29)21-8-5-6-9-22(21)25(27)30/h5-6,8-13,19H,2-4,7,14-17H2,1H3,(H,31,32). The molecule has 1 aliphatic rings. The SMILES string of the molecule is CCCCCCOc1ccc(C(=O)CC(CCN2C(=O)c3ccccc3C2=O)C(=O)O)cc1. The number of carboxylic acid groups (broad SMARTS) is 1. The number of aliphatic carboxylic acids is 1. The largest absolute Gasteiger partial charge is 0.494 e. The lowest BCUT2D eigenvalue weighted by molar-refractivity contribution is -0.142. The van der Waals surface area contributed by atoms with E-state index in [4.69, 9.17) is 4.74 Å². The second-order valence-corrected chi connectivity index (χ2v) is 8.19. The van der Waals surface area contributed by atoms with E-state index in [-0.39, 0.29) is 25.2 Å². The number of ether oxygens (including phenoxy) is 1. The number of imide groups is 1. The first-order valence-electron chi connectivity index (χ1n) is 11.4. The summed E-state index contributed by atoms with van der Waals surface area (Å²) >= 11 is 0. The van der Waals surface area contributed by atoms with Gasteiger partial charge in [0.05, 0.1) is 23.7 Å². The maximum Gasteiger partial charge on any atom is 0.307 e. The second kappa shape index (κ2) is 11.4. The molecule has 0 aromatic heterocycles. The van der Waals surface area contributed by atoms with Crippen molar-refractivity contribution in [3.63, 3.8) is 0 Å². The Hall–Kier alpha value is -3.48. The van der Waals surface area contributed by atoms with Crippen LogP contribution >= 0.6 is 0 Å². The summed E-state index contributed by atoms with van der Waals surface area (Å²) in [7, 11) is 0. The number of rotatable bonds is 13. The highest BCUT2D eigenvalue weighted by Gasteiger charge is 2.35. The Morgan fingerprint density at radius 2 is 1.58 bits per heavy atom. The number of carboxylic acids is 1. The molecular formula is C26H29NO6. The van der Waals surface area contributed by atoms with E-state index in [0.29, 0.717) is 29.0 Å². The molecular weight excluding hydrogens is 422 g/mol. The van der Waals surface area contributed by atoms with Gasteiger partial charge in [0.25, 0.3) is 11.8 Å². The van der Waals surface area contributed by atoms with Crippen molar-refractivity contribution in [2.45, 2.75) is 45.4 Å². The van der Waals surface area contributed by atoms with E-state index in [1.54, 1.807) is 48.5 Å². The number of unbranched alkanes of at least 4 members (excludes halogenated alkanes) is 3. The van der Waals surface area contributed by atoms with E-state index in [2.05, 4.69) is 6.92 Å². The minimum atomic E-state index is -1.13.